The van der Waals surface area contributed by atoms with Crippen molar-refractivity contribution in [3.05, 3.63) is 64.8 Å². The number of nitrogens with zero attached hydrogens (tertiary/aromatic N) is 3. The largest absolute Gasteiger partial charge is 0.357 e. The molecule has 1 atom stereocenters. The van der Waals surface area contributed by atoms with Crippen LogP contribution >= 0.6 is 11.6 Å². The molecular weight excluding hydrogens is 400 g/mol. The lowest BCUT2D eigenvalue weighted by Crippen LogP contribution is -2.39. The van der Waals surface area contributed by atoms with Gasteiger partial charge in [-0.2, -0.15) is 0 Å². The van der Waals surface area contributed by atoms with Crippen molar-refractivity contribution in [3.8, 4) is 16.9 Å². The summed E-state index contributed by atoms with van der Waals surface area (Å²) in [4.78, 5) is 13.2. The predicted molar refractivity (Wildman–Crippen MR) is 114 cm³/mol. The van der Waals surface area contributed by atoms with Gasteiger partial charge in [0, 0.05) is 22.2 Å². The molecule has 6 nitrogen and oxygen atoms in total. The van der Waals surface area contributed by atoms with Crippen LogP contribution in [0.4, 0.5) is 0 Å². The number of carbonyl (C=O) groups excluding carboxylic acids is 1. The zero-order chi connectivity index (χ0) is 20.5. The number of hydrogen-bond donors (Lipinski definition) is 1. The van der Waals surface area contributed by atoms with Crippen molar-refractivity contribution >= 4 is 17.5 Å². The average Bonchev–Trinajstić information content (AvgIpc) is 3.12. The summed E-state index contributed by atoms with van der Waals surface area (Å²) in [5, 5.41) is 12.5. The van der Waals surface area contributed by atoms with E-state index in [2.05, 4.69) is 15.6 Å². The molecule has 30 heavy (non-hydrogen) atoms. The number of rotatable bonds is 3. The number of amides is 1. The van der Waals surface area contributed by atoms with Gasteiger partial charge in [-0.25, -0.2) is 4.68 Å². The number of ether oxygens (including phenoxy) is 1. The lowest BCUT2D eigenvalue weighted by Gasteiger charge is -2.25. The Morgan fingerprint density at radius 1 is 1.10 bits per heavy atom. The summed E-state index contributed by atoms with van der Waals surface area (Å²) in [7, 11) is 0. The number of hydrogen-bond acceptors (Lipinski definition) is 4. The maximum absolute atomic E-state index is 13.2. The van der Waals surface area contributed by atoms with Crippen molar-refractivity contribution in [2.24, 2.45) is 0 Å². The summed E-state index contributed by atoms with van der Waals surface area (Å²) < 4.78 is 7.93. The van der Waals surface area contributed by atoms with Gasteiger partial charge in [0.15, 0.2) is 6.10 Å². The van der Waals surface area contributed by atoms with E-state index in [1.54, 1.807) is 16.8 Å². The molecule has 1 N–H and O–H groups in total. The fourth-order valence-corrected chi connectivity index (χ4v) is 4.55. The molecule has 1 aliphatic carbocycles. The van der Waals surface area contributed by atoms with Crippen LogP contribution in [0.15, 0.2) is 48.5 Å². The van der Waals surface area contributed by atoms with Gasteiger partial charge in [0.25, 0.3) is 5.91 Å². The maximum atomic E-state index is 13.2. The van der Waals surface area contributed by atoms with Gasteiger partial charge in [-0.3, -0.25) is 4.79 Å². The fourth-order valence-electron chi connectivity index (χ4n) is 4.37. The molecule has 5 rings (SSSR count). The molecule has 1 saturated carbocycles. The van der Waals surface area contributed by atoms with Crippen LogP contribution in [0.2, 0.25) is 5.02 Å². The first-order chi connectivity index (χ1) is 14.7. The molecule has 2 aromatic carbocycles. The lowest BCUT2D eigenvalue weighted by molar-refractivity contribution is -0.135. The Balaban J connectivity index is 1.52. The molecule has 0 saturated heterocycles. The predicted octanol–water partition coefficient (Wildman–Crippen LogP) is 4.61. The SMILES string of the molecule is O=C(NC1CCCCC1)C1OCc2c(-c3ccccc3)nnn2-c2ccc(Cl)cc21. The maximum Gasteiger partial charge on any atom is 0.254 e. The van der Waals surface area contributed by atoms with Crippen LogP contribution in [0.3, 0.4) is 0 Å². The van der Waals surface area contributed by atoms with Crippen molar-refractivity contribution in [2.75, 3.05) is 0 Å². The van der Waals surface area contributed by atoms with E-state index in [0.717, 1.165) is 48.3 Å². The summed E-state index contributed by atoms with van der Waals surface area (Å²) >= 11 is 6.29. The first kappa shape index (κ1) is 19.3. The van der Waals surface area contributed by atoms with E-state index in [9.17, 15) is 4.79 Å². The van der Waals surface area contributed by atoms with Crippen LogP contribution in [0.1, 0.15) is 49.5 Å². The average molecular weight is 423 g/mol. The van der Waals surface area contributed by atoms with E-state index < -0.39 is 6.10 Å². The van der Waals surface area contributed by atoms with Gasteiger partial charge in [-0.1, -0.05) is 66.4 Å². The first-order valence-electron chi connectivity index (χ1n) is 10.4. The number of halogens is 1. The van der Waals surface area contributed by atoms with Crippen LogP contribution in [-0.2, 0) is 16.1 Å². The number of fused-ring (bicyclic) bond motifs is 3. The third-order valence-corrected chi connectivity index (χ3v) is 6.12. The molecule has 1 aliphatic heterocycles. The van der Waals surface area contributed by atoms with Gasteiger partial charge in [-0.15, -0.1) is 5.10 Å². The third kappa shape index (κ3) is 3.61. The van der Waals surface area contributed by atoms with Gasteiger partial charge >= 0.3 is 0 Å². The molecule has 2 heterocycles. The summed E-state index contributed by atoms with van der Waals surface area (Å²) in [6.07, 6.45) is 4.84. The highest BCUT2D eigenvalue weighted by molar-refractivity contribution is 6.30. The van der Waals surface area contributed by atoms with E-state index in [1.807, 2.05) is 36.4 Å². The number of aromatic nitrogens is 3. The van der Waals surface area contributed by atoms with Crippen LogP contribution in [-0.4, -0.2) is 26.9 Å². The molecule has 1 amide bonds. The van der Waals surface area contributed by atoms with Crippen molar-refractivity contribution < 1.29 is 9.53 Å². The van der Waals surface area contributed by atoms with Gasteiger partial charge in [0.05, 0.1) is 18.0 Å². The normalized spacial score (nSPS) is 18.9. The van der Waals surface area contributed by atoms with Crippen LogP contribution < -0.4 is 5.32 Å². The smallest absolute Gasteiger partial charge is 0.254 e. The van der Waals surface area contributed by atoms with Gasteiger partial charge < -0.3 is 10.1 Å². The molecule has 2 aliphatic rings. The summed E-state index contributed by atoms with van der Waals surface area (Å²) in [6.45, 7) is 0.228. The molecule has 1 fully saturated rings. The van der Waals surface area contributed by atoms with E-state index >= 15 is 0 Å². The van der Waals surface area contributed by atoms with Crippen molar-refractivity contribution in [1.82, 2.24) is 20.3 Å². The Morgan fingerprint density at radius 2 is 1.90 bits per heavy atom. The second-order valence-corrected chi connectivity index (χ2v) is 8.34. The van der Waals surface area contributed by atoms with E-state index in [-0.39, 0.29) is 18.6 Å². The highest BCUT2D eigenvalue weighted by Crippen LogP contribution is 2.35. The fraction of sp³-hybridized carbons (Fsp3) is 0.348. The minimum absolute atomic E-state index is 0.120. The van der Waals surface area contributed by atoms with Crippen LogP contribution in [0, 0.1) is 0 Å². The van der Waals surface area contributed by atoms with Crippen molar-refractivity contribution in [2.45, 2.75) is 50.9 Å². The second-order valence-electron chi connectivity index (χ2n) is 7.90. The van der Waals surface area contributed by atoms with Crippen molar-refractivity contribution in [3.63, 3.8) is 0 Å². The Labute approximate surface area is 180 Å². The minimum atomic E-state index is -0.744. The topological polar surface area (TPSA) is 69.0 Å². The quantitative estimate of drug-likeness (QED) is 0.669. The molecule has 154 valence electrons. The highest BCUT2D eigenvalue weighted by Gasteiger charge is 2.32. The number of benzene rings is 2. The van der Waals surface area contributed by atoms with Crippen LogP contribution in [0.25, 0.3) is 16.9 Å². The first-order valence-corrected chi connectivity index (χ1v) is 10.8. The monoisotopic (exact) mass is 422 g/mol. The molecule has 0 spiro atoms. The molecule has 3 aromatic rings. The van der Waals surface area contributed by atoms with Gasteiger partial charge in [0.2, 0.25) is 0 Å². The zero-order valence-electron chi connectivity index (χ0n) is 16.6. The van der Waals surface area contributed by atoms with Crippen molar-refractivity contribution in [1.29, 1.82) is 0 Å². The third-order valence-electron chi connectivity index (χ3n) is 5.89. The molecular formula is C23H23ClN4O2. The lowest BCUT2D eigenvalue weighted by atomic mass is 9.95. The minimum Gasteiger partial charge on any atom is -0.357 e. The highest BCUT2D eigenvalue weighted by atomic mass is 35.5. The Morgan fingerprint density at radius 3 is 2.70 bits per heavy atom. The van der Waals surface area contributed by atoms with E-state index in [4.69, 9.17) is 16.3 Å². The zero-order valence-corrected chi connectivity index (χ0v) is 17.3. The van der Waals surface area contributed by atoms with E-state index in [0.29, 0.717) is 10.6 Å². The molecule has 7 heteroatoms. The summed E-state index contributed by atoms with van der Waals surface area (Å²) in [5.41, 5.74) is 4.01. The Kier molecular flexibility index (Phi) is 5.27. The molecule has 0 bridgehead atoms. The second kappa shape index (κ2) is 8.20. The molecule has 0 radical (unpaired) electrons. The molecule has 1 unspecified atom stereocenters. The van der Waals surface area contributed by atoms with E-state index in [1.165, 1.54) is 6.42 Å². The van der Waals surface area contributed by atoms with Crippen LogP contribution in [0.5, 0.6) is 0 Å². The number of nitrogens with one attached hydrogen (secondary N) is 1. The van der Waals surface area contributed by atoms with Gasteiger partial charge in [-0.05, 0) is 31.0 Å². The van der Waals surface area contributed by atoms with Gasteiger partial charge in [0.1, 0.15) is 5.69 Å². The number of carbonyl (C=O) groups is 1. The Hall–Kier alpha value is -2.70. The molecule has 1 aromatic heterocycles. The summed E-state index contributed by atoms with van der Waals surface area (Å²) in [6, 6.07) is 15.6. The standard InChI is InChI=1S/C23H23ClN4O2/c24-16-11-12-19-18(13-16)22(23(29)25-17-9-5-2-6-10-17)30-14-20-21(26-27-28(19)20)15-7-3-1-4-8-15/h1,3-4,7-8,11-13,17,22H,2,5-6,9-10,14H2,(H,25,29). The summed E-state index contributed by atoms with van der Waals surface area (Å²) in [5.74, 6) is -0.120. The Bertz CT molecular complexity index is 1060.